The smallest absolute Gasteiger partial charge is 0.252 e. The number of amides is 1. The first-order valence-electron chi connectivity index (χ1n) is 8.61. The molecule has 0 radical (unpaired) electrons. The number of fused-ring (bicyclic) bond motifs is 1. The first-order valence-corrected chi connectivity index (χ1v) is 8.61. The first-order chi connectivity index (χ1) is 11.2. The summed E-state index contributed by atoms with van der Waals surface area (Å²) in [5, 5.41) is 4.00. The highest BCUT2D eigenvalue weighted by atomic mass is 16.1. The molecule has 0 bridgehead atoms. The van der Waals surface area contributed by atoms with Crippen LogP contribution in [0.1, 0.15) is 41.7 Å². The maximum atomic E-state index is 12.6. The van der Waals surface area contributed by atoms with E-state index in [4.69, 9.17) is 0 Å². The van der Waals surface area contributed by atoms with Crippen LogP contribution in [0.15, 0.2) is 30.3 Å². The molecule has 0 unspecified atom stereocenters. The molecular weight excluding hydrogens is 286 g/mol. The van der Waals surface area contributed by atoms with Crippen LogP contribution in [-0.2, 0) is 0 Å². The molecule has 0 saturated carbocycles. The van der Waals surface area contributed by atoms with E-state index < -0.39 is 0 Å². The van der Waals surface area contributed by atoms with Crippen LogP contribution in [0.25, 0.3) is 10.9 Å². The van der Waals surface area contributed by atoms with Gasteiger partial charge in [0.2, 0.25) is 0 Å². The highest BCUT2D eigenvalue weighted by molar-refractivity contribution is 6.06. The SMILES string of the molecule is Cc1cc(C(=O)NCCN2CCCCCC2)c2ccccc2n1. The number of likely N-dealkylation sites (tertiary alicyclic amines) is 1. The van der Waals surface area contributed by atoms with Crippen molar-refractivity contribution in [3.8, 4) is 0 Å². The van der Waals surface area contributed by atoms with Gasteiger partial charge < -0.3 is 10.2 Å². The predicted octanol–water partition coefficient (Wildman–Crippen LogP) is 3.15. The Labute approximate surface area is 137 Å². The molecule has 0 spiro atoms. The Kier molecular flexibility index (Phi) is 5.23. The zero-order valence-electron chi connectivity index (χ0n) is 13.8. The zero-order chi connectivity index (χ0) is 16.1. The molecule has 3 rings (SSSR count). The summed E-state index contributed by atoms with van der Waals surface area (Å²) in [7, 11) is 0. The van der Waals surface area contributed by atoms with Crippen LogP contribution in [0.3, 0.4) is 0 Å². The van der Waals surface area contributed by atoms with Gasteiger partial charge in [0.25, 0.3) is 5.91 Å². The lowest BCUT2D eigenvalue weighted by atomic mass is 10.1. The van der Waals surface area contributed by atoms with Gasteiger partial charge in [-0.15, -0.1) is 0 Å². The Bertz CT molecular complexity index is 675. The van der Waals surface area contributed by atoms with E-state index in [9.17, 15) is 4.79 Å². The van der Waals surface area contributed by atoms with Crippen LogP contribution in [0.5, 0.6) is 0 Å². The second-order valence-corrected chi connectivity index (χ2v) is 6.34. The Balaban J connectivity index is 1.64. The van der Waals surface area contributed by atoms with E-state index in [1.807, 2.05) is 37.3 Å². The number of hydrogen-bond acceptors (Lipinski definition) is 3. The number of benzene rings is 1. The van der Waals surface area contributed by atoms with Crippen molar-refractivity contribution >= 4 is 16.8 Å². The summed E-state index contributed by atoms with van der Waals surface area (Å²) in [5.74, 6) is 0.00141. The van der Waals surface area contributed by atoms with Crippen molar-refractivity contribution in [2.45, 2.75) is 32.6 Å². The number of para-hydroxylation sites is 1. The van der Waals surface area contributed by atoms with Crippen molar-refractivity contribution in [1.82, 2.24) is 15.2 Å². The van der Waals surface area contributed by atoms with Gasteiger partial charge in [0.15, 0.2) is 0 Å². The summed E-state index contributed by atoms with van der Waals surface area (Å²) in [4.78, 5) is 19.5. The van der Waals surface area contributed by atoms with Crippen LogP contribution >= 0.6 is 0 Å². The van der Waals surface area contributed by atoms with Gasteiger partial charge in [0.05, 0.1) is 11.1 Å². The van der Waals surface area contributed by atoms with Crippen molar-refractivity contribution in [2.75, 3.05) is 26.2 Å². The van der Waals surface area contributed by atoms with Gasteiger partial charge >= 0.3 is 0 Å². The predicted molar refractivity (Wildman–Crippen MR) is 93.7 cm³/mol. The Morgan fingerprint density at radius 3 is 2.70 bits per heavy atom. The highest BCUT2D eigenvalue weighted by Crippen LogP contribution is 2.18. The molecule has 1 fully saturated rings. The molecule has 2 aromatic rings. The summed E-state index contributed by atoms with van der Waals surface area (Å²) in [5.41, 5.74) is 2.48. The number of pyridine rings is 1. The van der Waals surface area contributed by atoms with Gasteiger partial charge in [0.1, 0.15) is 0 Å². The molecule has 1 amide bonds. The standard InChI is InChI=1S/C19H25N3O/c1-15-14-17(16-8-4-5-9-18(16)21-15)19(23)20-10-13-22-11-6-2-3-7-12-22/h4-5,8-9,14H,2-3,6-7,10-13H2,1H3,(H,20,23). The molecule has 0 atom stereocenters. The number of nitrogens with one attached hydrogen (secondary N) is 1. The lowest BCUT2D eigenvalue weighted by Crippen LogP contribution is -2.35. The van der Waals surface area contributed by atoms with Gasteiger partial charge in [-0.25, -0.2) is 0 Å². The van der Waals surface area contributed by atoms with Crippen LogP contribution in [0.2, 0.25) is 0 Å². The van der Waals surface area contributed by atoms with Gasteiger partial charge in [-0.2, -0.15) is 0 Å². The second-order valence-electron chi connectivity index (χ2n) is 6.34. The Morgan fingerprint density at radius 1 is 1.17 bits per heavy atom. The molecule has 4 heteroatoms. The molecule has 2 heterocycles. The number of carbonyl (C=O) groups excluding carboxylic acids is 1. The van der Waals surface area contributed by atoms with Crippen LogP contribution in [-0.4, -0.2) is 42.0 Å². The van der Waals surface area contributed by atoms with E-state index in [0.29, 0.717) is 6.54 Å². The lowest BCUT2D eigenvalue weighted by Gasteiger charge is -2.19. The van der Waals surface area contributed by atoms with Crippen LogP contribution < -0.4 is 5.32 Å². The van der Waals surface area contributed by atoms with Gasteiger partial charge in [0, 0.05) is 24.2 Å². The third-order valence-electron chi connectivity index (χ3n) is 4.50. The average molecular weight is 311 g/mol. The van der Waals surface area contributed by atoms with E-state index in [-0.39, 0.29) is 5.91 Å². The normalized spacial score (nSPS) is 16.2. The number of aryl methyl sites for hydroxylation is 1. The zero-order valence-corrected chi connectivity index (χ0v) is 13.8. The molecule has 1 saturated heterocycles. The fraction of sp³-hybridized carbons (Fsp3) is 0.474. The summed E-state index contributed by atoms with van der Waals surface area (Å²) >= 11 is 0. The third kappa shape index (κ3) is 4.08. The minimum absolute atomic E-state index is 0.00141. The quantitative estimate of drug-likeness (QED) is 0.943. The molecular formula is C19H25N3O. The first kappa shape index (κ1) is 15.9. The summed E-state index contributed by atoms with van der Waals surface area (Å²) in [6.07, 6.45) is 5.24. The fourth-order valence-electron chi connectivity index (χ4n) is 3.28. The summed E-state index contributed by atoms with van der Waals surface area (Å²) in [6.45, 7) is 5.89. The van der Waals surface area contributed by atoms with Crippen molar-refractivity contribution in [1.29, 1.82) is 0 Å². The topological polar surface area (TPSA) is 45.2 Å². The van der Waals surface area contributed by atoms with Crippen LogP contribution in [0.4, 0.5) is 0 Å². The molecule has 122 valence electrons. The molecule has 4 nitrogen and oxygen atoms in total. The Hall–Kier alpha value is -1.94. The largest absolute Gasteiger partial charge is 0.351 e. The lowest BCUT2D eigenvalue weighted by molar-refractivity contribution is 0.0950. The van der Waals surface area contributed by atoms with Gasteiger partial charge in [-0.05, 0) is 45.0 Å². The number of carbonyl (C=O) groups is 1. The van der Waals surface area contributed by atoms with E-state index in [0.717, 1.165) is 41.8 Å². The fourth-order valence-corrected chi connectivity index (χ4v) is 3.28. The maximum Gasteiger partial charge on any atom is 0.252 e. The van der Waals surface area contributed by atoms with Crippen molar-refractivity contribution < 1.29 is 4.79 Å². The average Bonchev–Trinajstić information content (AvgIpc) is 2.82. The summed E-state index contributed by atoms with van der Waals surface area (Å²) < 4.78 is 0. The Morgan fingerprint density at radius 2 is 1.91 bits per heavy atom. The van der Waals surface area contributed by atoms with Crippen molar-refractivity contribution in [3.63, 3.8) is 0 Å². The molecule has 1 N–H and O–H groups in total. The maximum absolute atomic E-state index is 12.6. The van der Waals surface area contributed by atoms with E-state index >= 15 is 0 Å². The second kappa shape index (κ2) is 7.55. The number of nitrogens with zero attached hydrogens (tertiary/aromatic N) is 2. The van der Waals surface area contributed by atoms with Crippen molar-refractivity contribution in [2.24, 2.45) is 0 Å². The molecule has 0 aliphatic carbocycles. The molecule has 1 aromatic carbocycles. The number of rotatable bonds is 4. The van der Waals surface area contributed by atoms with E-state index in [1.165, 1.54) is 25.7 Å². The molecule has 1 aliphatic rings. The number of hydrogen-bond donors (Lipinski definition) is 1. The van der Waals surface area contributed by atoms with E-state index in [2.05, 4.69) is 15.2 Å². The molecule has 1 aromatic heterocycles. The number of aromatic nitrogens is 1. The third-order valence-corrected chi connectivity index (χ3v) is 4.50. The minimum Gasteiger partial charge on any atom is -0.351 e. The minimum atomic E-state index is 0.00141. The monoisotopic (exact) mass is 311 g/mol. The summed E-state index contributed by atoms with van der Waals surface area (Å²) in [6, 6.07) is 9.70. The van der Waals surface area contributed by atoms with Crippen molar-refractivity contribution in [3.05, 3.63) is 41.6 Å². The van der Waals surface area contributed by atoms with Gasteiger partial charge in [-0.3, -0.25) is 9.78 Å². The van der Waals surface area contributed by atoms with Crippen LogP contribution in [0, 0.1) is 6.92 Å². The van der Waals surface area contributed by atoms with E-state index in [1.54, 1.807) is 0 Å². The molecule has 1 aliphatic heterocycles. The highest BCUT2D eigenvalue weighted by Gasteiger charge is 2.13. The van der Waals surface area contributed by atoms with Gasteiger partial charge in [-0.1, -0.05) is 31.0 Å². The molecule has 23 heavy (non-hydrogen) atoms.